The lowest BCUT2D eigenvalue weighted by Gasteiger charge is -2.34. The minimum absolute atomic E-state index is 0.370. The first-order valence-corrected chi connectivity index (χ1v) is 10.9. The number of piperazine rings is 1. The van der Waals surface area contributed by atoms with E-state index in [2.05, 4.69) is 26.6 Å². The lowest BCUT2D eigenvalue weighted by Crippen LogP contribution is -2.49. The maximum Gasteiger partial charge on any atom is 0.243 e. The van der Waals surface area contributed by atoms with Crippen molar-refractivity contribution in [3.8, 4) is 11.4 Å². The van der Waals surface area contributed by atoms with Gasteiger partial charge < -0.3 is 4.57 Å². The second kappa shape index (κ2) is 8.26. The predicted molar refractivity (Wildman–Crippen MR) is 109 cm³/mol. The zero-order chi connectivity index (χ0) is 19.4. The van der Waals surface area contributed by atoms with E-state index in [1.807, 2.05) is 36.7 Å². The smallest absolute Gasteiger partial charge is 0.243 e. The lowest BCUT2D eigenvalue weighted by molar-refractivity contribution is 0.183. The van der Waals surface area contributed by atoms with Crippen LogP contribution in [0.5, 0.6) is 0 Å². The normalized spacial score (nSPS) is 16.3. The zero-order valence-corrected chi connectivity index (χ0v) is 16.5. The Balaban J connectivity index is 1.34. The molecule has 0 aliphatic carbocycles. The van der Waals surface area contributed by atoms with Crippen molar-refractivity contribution in [2.75, 3.05) is 32.7 Å². The molecule has 1 aliphatic rings. The molecule has 3 aromatic rings. The van der Waals surface area contributed by atoms with Gasteiger partial charge in [0, 0.05) is 57.2 Å². The molecule has 0 saturated carbocycles. The summed E-state index contributed by atoms with van der Waals surface area (Å²) in [4.78, 5) is 7.17. The Hall–Kier alpha value is -2.48. The van der Waals surface area contributed by atoms with Gasteiger partial charge in [-0.1, -0.05) is 48.5 Å². The van der Waals surface area contributed by atoms with Gasteiger partial charge in [-0.2, -0.15) is 4.31 Å². The van der Waals surface area contributed by atoms with Gasteiger partial charge in [-0.05, 0) is 12.1 Å². The third-order valence-electron chi connectivity index (χ3n) is 5.12. The van der Waals surface area contributed by atoms with Crippen LogP contribution in [-0.2, 0) is 16.6 Å². The van der Waals surface area contributed by atoms with E-state index in [9.17, 15) is 8.42 Å². The van der Waals surface area contributed by atoms with Crippen molar-refractivity contribution in [3.05, 3.63) is 73.1 Å². The monoisotopic (exact) mass is 396 g/mol. The highest BCUT2D eigenvalue weighted by atomic mass is 32.2. The molecule has 0 N–H and O–H groups in total. The summed E-state index contributed by atoms with van der Waals surface area (Å²) in [6.07, 6.45) is 3.82. The summed E-state index contributed by atoms with van der Waals surface area (Å²) >= 11 is 0. The van der Waals surface area contributed by atoms with Crippen molar-refractivity contribution >= 4 is 10.0 Å². The number of hydrogen-bond donors (Lipinski definition) is 0. The summed E-state index contributed by atoms with van der Waals surface area (Å²) in [5.41, 5.74) is 1.10. The minimum Gasteiger partial charge on any atom is -0.330 e. The first-order chi connectivity index (χ1) is 13.6. The molecule has 0 spiro atoms. The summed E-state index contributed by atoms with van der Waals surface area (Å²) in [6.45, 7) is 4.22. The molecular formula is C21H24N4O2S. The molecule has 1 fully saturated rings. The molecule has 2 aromatic carbocycles. The Morgan fingerprint density at radius 1 is 0.821 bits per heavy atom. The van der Waals surface area contributed by atoms with Crippen LogP contribution in [0.15, 0.2) is 78.0 Å². The molecular weight excluding hydrogens is 372 g/mol. The maximum absolute atomic E-state index is 12.7. The second-order valence-corrected chi connectivity index (χ2v) is 8.81. The van der Waals surface area contributed by atoms with Crippen molar-refractivity contribution in [2.45, 2.75) is 11.4 Å². The third-order valence-corrected chi connectivity index (χ3v) is 7.03. The van der Waals surface area contributed by atoms with Crippen LogP contribution in [0.4, 0.5) is 0 Å². The van der Waals surface area contributed by atoms with Crippen LogP contribution in [-0.4, -0.2) is 59.9 Å². The Morgan fingerprint density at radius 2 is 1.46 bits per heavy atom. The molecule has 0 bridgehead atoms. The summed E-state index contributed by atoms with van der Waals surface area (Å²) in [6, 6.07) is 18.8. The number of sulfonamides is 1. The van der Waals surface area contributed by atoms with E-state index >= 15 is 0 Å². The Kier molecular flexibility index (Phi) is 5.57. The molecule has 146 valence electrons. The highest BCUT2D eigenvalue weighted by Crippen LogP contribution is 2.19. The van der Waals surface area contributed by atoms with Gasteiger partial charge in [0.1, 0.15) is 5.82 Å². The molecule has 28 heavy (non-hydrogen) atoms. The SMILES string of the molecule is O=S(=O)(c1ccccc1)N1CCN(CCn2ccnc2-c2ccccc2)CC1. The third kappa shape index (κ3) is 4.01. The Morgan fingerprint density at radius 3 is 2.14 bits per heavy atom. The van der Waals surface area contributed by atoms with Gasteiger partial charge in [0.15, 0.2) is 0 Å². The van der Waals surface area contributed by atoms with Gasteiger partial charge >= 0.3 is 0 Å². The van der Waals surface area contributed by atoms with Crippen LogP contribution in [0.25, 0.3) is 11.4 Å². The number of imidazole rings is 1. The Labute approximate surface area is 166 Å². The quantitative estimate of drug-likeness (QED) is 0.643. The van der Waals surface area contributed by atoms with E-state index in [1.165, 1.54) is 0 Å². The van der Waals surface area contributed by atoms with Crippen LogP contribution in [0.1, 0.15) is 0 Å². The van der Waals surface area contributed by atoms with Crippen molar-refractivity contribution in [1.29, 1.82) is 0 Å². The molecule has 7 heteroatoms. The van der Waals surface area contributed by atoms with E-state index in [1.54, 1.807) is 28.6 Å². The largest absolute Gasteiger partial charge is 0.330 e. The molecule has 0 atom stereocenters. The predicted octanol–water partition coefficient (Wildman–Crippen LogP) is 2.56. The van der Waals surface area contributed by atoms with E-state index < -0.39 is 10.0 Å². The van der Waals surface area contributed by atoms with E-state index in [0.717, 1.165) is 37.6 Å². The maximum atomic E-state index is 12.7. The first kappa shape index (κ1) is 18.9. The fourth-order valence-electron chi connectivity index (χ4n) is 3.52. The van der Waals surface area contributed by atoms with Crippen LogP contribution >= 0.6 is 0 Å². The van der Waals surface area contributed by atoms with Crippen LogP contribution < -0.4 is 0 Å². The Bertz CT molecular complexity index is 995. The topological polar surface area (TPSA) is 58.4 Å². The first-order valence-electron chi connectivity index (χ1n) is 9.49. The molecule has 4 rings (SSSR count). The average molecular weight is 397 g/mol. The molecule has 0 amide bonds. The van der Waals surface area contributed by atoms with Crippen molar-refractivity contribution in [3.63, 3.8) is 0 Å². The summed E-state index contributed by atoms with van der Waals surface area (Å²) in [5, 5.41) is 0. The fraction of sp³-hybridized carbons (Fsp3) is 0.286. The van der Waals surface area contributed by atoms with Crippen molar-refractivity contribution < 1.29 is 8.42 Å². The van der Waals surface area contributed by atoms with Crippen LogP contribution in [0, 0.1) is 0 Å². The average Bonchev–Trinajstić information content (AvgIpc) is 3.22. The van der Waals surface area contributed by atoms with Gasteiger partial charge in [-0.15, -0.1) is 0 Å². The molecule has 1 aromatic heterocycles. The number of benzene rings is 2. The molecule has 0 radical (unpaired) electrons. The van der Waals surface area contributed by atoms with Gasteiger partial charge in [0.25, 0.3) is 0 Å². The second-order valence-electron chi connectivity index (χ2n) is 6.87. The molecule has 1 aliphatic heterocycles. The highest BCUT2D eigenvalue weighted by Gasteiger charge is 2.28. The van der Waals surface area contributed by atoms with E-state index in [0.29, 0.717) is 18.0 Å². The van der Waals surface area contributed by atoms with Gasteiger partial charge in [0.05, 0.1) is 4.90 Å². The number of nitrogens with zero attached hydrogens (tertiary/aromatic N) is 4. The summed E-state index contributed by atoms with van der Waals surface area (Å²) < 4.78 is 29.2. The van der Waals surface area contributed by atoms with Gasteiger partial charge in [0.2, 0.25) is 10.0 Å². The summed E-state index contributed by atoms with van der Waals surface area (Å²) in [7, 11) is -3.39. The van der Waals surface area contributed by atoms with E-state index in [-0.39, 0.29) is 0 Å². The minimum atomic E-state index is -3.39. The number of rotatable bonds is 6. The highest BCUT2D eigenvalue weighted by molar-refractivity contribution is 7.89. The molecule has 6 nitrogen and oxygen atoms in total. The lowest BCUT2D eigenvalue weighted by atomic mass is 10.2. The number of aromatic nitrogens is 2. The molecule has 1 saturated heterocycles. The summed E-state index contributed by atoms with van der Waals surface area (Å²) in [5.74, 6) is 0.964. The zero-order valence-electron chi connectivity index (χ0n) is 15.7. The van der Waals surface area contributed by atoms with Crippen LogP contribution in [0.2, 0.25) is 0 Å². The van der Waals surface area contributed by atoms with Crippen molar-refractivity contribution in [2.24, 2.45) is 0 Å². The van der Waals surface area contributed by atoms with Crippen LogP contribution in [0.3, 0.4) is 0 Å². The van der Waals surface area contributed by atoms with Gasteiger partial charge in [-0.3, -0.25) is 4.90 Å². The molecule has 0 unspecified atom stereocenters. The van der Waals surface area contributed by atoms with Gasteiger partial charge in [-0.25, -0.2) is 13.4 Å². The fourth-order valence-corrected chi connectivity index (χ4v) is 4.96. The van der Waals surface area contributed by atoms with Crippen molar-refractivity contribution in [1.82, 2.24) is 18.8 Å². The number of hydrogen-bond acceptors (Lipinski definition) is 4. The molecule has 2 heterocycles. The standard InChI is InChI=1S/C21H24N4O2S/c26-28(27,20-9-5-2-6-10-20)25-17-14-23(15-18-25)13-16-24-12-11-22-21(24)19-7-3-1-4-8-19/h1-12H,13-18H2. The van der Waals surface area contributed by atoms with E-state index in [4.69, 9.17) is 0 Å².